The van der Waals surface area contributed by atoms with Gasteiger partial charge in [-0.3, -0.25) is 0 Å². The Balaban J connectivity index is 2.30. The maximum Gasteiger partial charge on any atom is 0.103 e. The summed E-state index contributed by atoms with van der Waals surface area (Å²) < 4.78 is 5.10. The Morgan fingerprint density at radius 1 is 1.56 bits per heavy atom. The smallest absolute Gasteiger partial charge is 0.103 e. The van der Waals surface area contributed by atoms with Gasteiger partial charge in [0.2, 0.25) is 0 Å². The van der Waals surface area contributed by atoms with Crippen LogP contribution in [0.4, 0.5) is 0 Å². The molecule has 1 nitrogen and oxygen atoms in total. The SMILES string of the molecule is SCCCc1ccco1. The highest BCUT2D eigenvalue weighted by Gasteiger charge is 1.91. The predicted molar refractivity (Wildman–Crippen MR) is 40.9 cm³/mol. The minimum atomic E-state index is 0.931. The van der Waals surface area contributed by atoms with Crippen LogP contribution in [-0.2, 0) is 6.42 Å². The molecule has 50 valence electrons. The molecule has 0 amide bonds. The Labute approximate surface area is 60.5 Å². The fourth-order valence-electron chi connectivity index (χ4n) is 0.708. The van der Waals surface area contributed by atoms with Crippen molar-refractivity contribution in [3.8, 4) is 0 Å². The molecular weight excluding hydrogens is 132 g/mol. The summed E-state index contributed by atoms with van der Waals surface area (Å²) in [5, 5.41) is 0. The highest BCUT2D eigenvalue weighted by Crippen LogP contribution is 2.03. The molecule has 0 aliphatic rings. The minimum Gasteiger partial charge on any atom is -0.469 e. The van der Waals surface area contributed by atoms with Crippen molar-refractivity contribution < 1.29 is 4.42 Å². The van der Waals surface area contributed by atoms with Crippen molar-refractivity contribution in [1.82, 2.24) is 0 Å². The number of hydrogen-bond acceptors (Lipinski definition) is 2. The Morgan fingerprint density at radius 2 is 2.44 bits per heavy atom. The van der Waals surface area contributed by atoms with Gasteiger partial charge in [0.1, 0.15) is 5.76 Å². The van der Waals surface area contributed by atoms with Gasteiger partial charge in [-0.1, -0.05) is 0 Å². The lowest BCUT2D eigenvalue weighted by Crippen LogP contribution is -1.81. The molecule has 0 fully saturated rings. The largest absolute Gasteiger partial charge is 0.469 e. The first-order valence-electron chi connectivity index (χ1n) is 3.06. The third kappa shape index (κ3) is 2.14. The highest BCUT2D eigenvalue weighted by atomic mass is 32.1. The van der Waals surface area contributed by atoms with E-state index in [0.717, 1.165) is 24.4 Å². The van der Waals surface area contributed by atoms with Crippen LogP contribution in [0.1, 0.15) is 12.2 Å². The summed E-state index contributed by atoms with van der Waals surface area (Å²) in [6.07, 6.45) is 3.81. The normalized spacial score (nSPS) is 9.89. The standard InChI is InChI=1S/C7H10OS/c9-6-2-4-7-3-1-5-8-7/h1,3,5,9H,2,4,6H2. The van der Waals surface area contributed by atoms with Crippen molar-refractivity contribution in [2.75, 3.05) is 5.75 Å². The minimum absolute atomic E-state index is 0.931. The van der Waals surface area contributed by atoms with Gasteiger partial charge in [-0.2, -0.15) is 12.6 Å². The zero-order valence-corrected chi connectivity index (χ0v) is 6.10. The van der Waals surface area contributed by atoms with Crippen LogP contribution in [0.2, 0.25) is 0 Å². The summed E-state index contributed by atoms with van der Waals surface area (Å²) in [7, 11) is 0. The zero-order valence-electron chi connectivity index (χ0n) is 5.21. The summed E-state index contributed by atoms with van der Waals surface area (Å²) in [5.74, 6) is 1.99. The Bertz CT molecular complexity index is 146. The predicted octanol–water partition coefficient (Wildman–Crippen LogP) is 2.14. The number of aryl methyl sites for hydroxylation is 1. The Kier molecular flexibility index (Phi) is 2.71. The Morgan fingerprint density at radius 3 is 3.00 bits per heavy atom. The van der Waals surface area contributed by atoms with Crippen LogP contribution in [0.15, 0.2) is 22.8 Å². The first-order valence-corrected chi connectivity index (χ1v) is 3.70. The summed E-state index contributed by atoms with van der Waals surface area (Å²) >= 11 is 4.09. The monoisotopic (exact) mass is 142 g/mol. The number of hydrogen-bond donors (Lipinski definition) is 1. The summed E-state index contributed by atoms with van der Waals surface area (Å²) in [4.78, 5) is 0. The fraction of sp³-hybridized carbons (Fsp3) is 0.429. The van der Waals surface area contributed by atoms with Gasteiger partial charge in [-0.05, 0) is 24.3 Å². The van der Waals surface area contributed by atoms with Crippen LogP contribution >= 0.6 is 12.6 Å². The third-order valence-corrected chi connectivity index (χ3v) is 1.48. The summed E-state index contributed by atoms with van der Waals surface area (Å²) in [6.45, 7) is 0. The molecule has 0 unspecified atom stereocenters. The van der Waals surface area contributed by atoms with Gasteiger partial charge in [-0.15, -0.1) is 0 Å². The second-order valence-corrected chi connectivity index (χ2v) is 2.35. The second kappa shape index (κ2) is 3.62. The maximum atomic E-state index is 5.10. The lowest BCUT2D eigenvalue weighted by Gasteiger charge is -1.89. The van der Waals surface area contributed by atoms with Crippen LogP contribution in [0.25, 0.3) is 0 Å². The molecule has 0 aliphatic heterocycles. The van der Waals surface area contributed by atoms with Gasteiger partial charge in [0.25, 0.3) is 0 Å². The molecule has 1 rings (SSSR count). The molecule has 0 atom stereocenters. The van der Waals surface area contributed by atoms with Crippen molar-refractivity contribution in [2.45, 2.75) is 12.8 Å². The Hall–Kier alpha value is -0.370. The van der Waals surface area contributed by atoms with Gasteiger partial charge in [-0.25, -0.2) is 0 Å². The van der Waals surface area contributed by atoms with Crippen LogP contribution in [0, 0.1) is 0 Å². The molecule has 1 aromatic heterocycles. The highest BCUT2D eigenvalue weighted by molar-refractivity contribution is 7.80. The van der Waals surface area contributed by atoms with Crippen LogP contribution in [-0.4, -0.2) is 5.75 Å². The third-order valence-electron chi connectivity index (χ3n) is 1.16. The fourth-order valence-corrected chi connectivity index (χ4v) is 0.866. The molecule has 0 spiro atoms. The van der Waals surface area contributed by atoms with Crippen LogP contribution < -0.4 is 0 Å². The molecule has 0 saturated carbocycles. The van der Waals surface area contributed by atoms with E-state index in [1.165, 1.54) is 0 Å². The van der Waals surface area contributed by atoms with E-state index >= 15 is 0 Å². The van der Waals surface area contributed by atoms with Gasteiger partial charge in [0, 0.05) is 6.42 Å². The van der Waals surface area contributed by atoms with E-state index in [9.17, 15) is 0 Å². The molecule has 2 heteroatoms. The molecule has 1 aromatic rings. The number of thiol groups is 1. The van der Waals surface area contributed by atoms with E-state index in [2.05, 4.69) is 12.6 Å². The molecule has 0 bridgehead atoms. The first kappa shape index (κ1) is 6.75. The van der Waals surface area contributed by atoms with Gasteiger partial charge >= 0.3 is 0 Å². The zero-order chi connectivity index (χ0) is 6.53. The topological polar surface area (TPSA) is 13.1 Å². The van der Waals surface area contributed by atoms with Gasteiger partial charge < -0.3 is 4.42 Å². The van der Waals surface area contributed by atoms with E-state index in [4.69, 9.17) is 4.42 Å². The molecule has 1 heterocycles. The molecule has 0 aromatic carbocycles. The molecule has 0 saturated heterocycles. The maximum absolute atomic E-state index is 5.10. The first-order chi connectivity index (χ1) is 4.43. The average Bonchev–Trinajstić information content (AvgIpc) is 2.34. The molecule has 0 aliphatic carbocycles. The van der Waals surface area contributed by atoms with E-state index in [0.29, 0.717) is 0 Å². The van der Waals surface area contributed by atoms with E-state index in [1.807, 2.05) is 12.1 Å². The summed E-state index contributed by atoms with van der Waals surface area (Å²) in [5.41, 5.74) is 0. The van der Waals surface area contributed by atoms with Crippen molar-refractivity contribution in [1.29, 1.82) is 0 Å². The van der Waals surface area contributed by atoms with Crippen molar-refractivity contribution >= 4 is 12.6 Å². The summed E-state index contributed by atoms with van der Waals surface area (Å²) in [6, 6.07) is 3.90. The van der Waals surface area contributed by atoms with Crippen LogP contribution in [0.5, 0.6) is 0 Å². The number of furan rings is 1. The average molecular weight is 142 g/mol. The van der Waals surface area contributed by atoms with E-state index < -0.39 is 0 Å². The molecule has 0 radical (unpaired) electrons. The van der Waals surface area contributed by atoms with Crippen LogP contribution in [0.3, 0.4) is 0 Å². The number of rotatable bonds is 3. The lowest BCUT2D eigenvalue weighted by atomic mass is 10.3. The molecular formula is C7H10OS. The second-order valence-electron chi connectivity index (χ2n) is 1.91. The van der Waals surface area contributed by atoms with Crippen molar-refractivity contribution in [2.24, 2.45) is 0 Å². The van der Waals surface area contributed by atoms with Gasteiger partial charge in [0.15, 0.2) is 0 Å². The molecule has 9 heavy (non-hydrogen) atoms. The lowest BCUT2D eigenvalue weighted by molar-refractivity contribution is 0.507. The van der Waals surface area contributed by atoms with E-state index in [-0.39, 0.29) is 0 Å². The van der Waals surface area contributed by atoms with Crippen molar-refractivity contribution in [3.05, 3.63) is 24.2 Å². The van der Waals surface area contributed by atoms with E-state index in [1.54, 1.807) is 6.26 Å². The van der Waals surface area contributed by atoms with Crippen molar-refractivity contribution in [3.63, 3.8) is 0 Å². The molecule has 0 N–H and O–H groups in total. The van der Waals surface area contributed by atoms with Gasteiger partial charge in [0.05, 0.1) is 6.26 Å². The quantitative estimate of drug-likeness (QED) is 0.638.